The van der Waals surface area contributed by atoms with Gasteiger partial charge in [0.2, 0.25) is 0 Å². The van der Waals surface area contributed by atoms with E-state index in [2.05, 4.69) is 4.98 Å². The molecule has 34 heavy (non-hydrogen) atoms. The molecule has 1 aromatic carbocycles. The fourth-order valence-corrected chi connectivity index (χ4v) is 3.06. The van der Waals surface area contributed by atoms with Crippen LogP contribution in [0.5, 0.6) is 0 Å². The van der Waals surface area contributed by atoms with Gasteiger partial charge in [-0.05, 0) is 53.2 Å². The average molecular weight is 491 g/mol. The molecule has 0 spiro atoms. The van der Waals surface area contributed by atoms with Gasteiger partial charge >= 0.3 is 23.2 Å². The molecule has 0 fully saturated rings. The lowest BCUT2D eigenvalue weighted by molar-refractivity contribution is -0.159. The molecule has 2 heterocycles. The first kappa shape index (κ1) is 25.2. The topological polar surface area (TPSA) is 114 Å². The zero-order chi connectivity index (χ0) is 25.4. The summed E-state index contributed by atoms with van der Waals surface area (Å²) in [5.41, 5.74) is -3.41. The van der Waals surface area contributed by atoms with Gasteiger partial charge in [-0.3, -0.25) is 14.2 Å². The van der Waals surface area contributed by atoms with Gasteiger partial charge in [0.05, 0.1) is 21.5 Å². The summed E-state index contributed by atoms with van der Waals surface area (Å²) < 4.78 is 8.01. The van der Waals surface area contributed by atoms with Crippen molar-refractivity contribution in [3.05, 3.63) is 56.5 Å². The molecule has 3 aromatic rings. The second-order valence-electron chi connectivity index (χ2n) is 9.48. The fourth-order valence-electron chi connectivity index (χ4n) is 2.84. The van der Waals surface area contributed by atoms with Crippen LogP contribution in [-0.4, -0.2) is 30.8 Å². The Morgan fingerprint density at radius 2 is 1.71 bits per heavy atom. The summed E-state index contributed by atoms with van der Waals surface area (Å²) in [5.74, 6) is -1.34. The summed E-state index contributed by atoms with van der Waals surface area (Å²) in [7, 11) is 0. The molecule has 0 aliphatic carbocycles. The van der Waals surface area contributed by atoms with Crippen LogP contribution >= 0.6 is 11.6 Å². The monoisotopic (exact) mass is 490 g/mol. The van der Waals surface area contributed by atoms with Crippen LogP contribution in [0, 0.1) is 10.8 Å². The zero-order valence-electron chi connectivity index (χ0n) is 19.9. The first-order valence-electron chi connectivity index (χ1n) is 10.7. The van der Waals surface area contributed by atoms with E-state index in [-0.39, 0.29) is 11.2 Å². The van der Waals surface area contributed by atoms with Crippen LogP contribution in [-0.2, 0) is 21.1 Å². The number of rotatable bonds is 6. The van der Waals surface area contributed by atoms with Crippen LogP contribution in [0.1, 0.15) is 48.0 Å². The summed E-state index contributed by atoms with van der Waals surface area (Å²) in [6.07, 6.45) is 1.73. The molecule has 0 aliphatic heterocycles. The summed E-state index contributed by atoms with van der Waals surface area (Å²) in [6, 6.07) is 6.73. The van der Waals surface area contributed by atoms with Gasteiger partial charge in [-0.15, -0.1) is 0 Å². The molecule has 0 bridgehead atoms. The number of aromatic nitrogens is 4. The molecule has 3 rings (SSSR count). The number of carbonyl (C=O) groups is 2. The van der Waals surface area contributed by atoms with E-state index < -0.39 is 40.7 Å². The lowest BCUT2D eigenvalue weighted by Gasteiger charge is -2.21. The van der Waals surface area contributed by atoms with Gasteiger partial charge < -0.3 is 9.57 Å². The second-order valence-corrected chi connectivity index (χ2v) is 9.88. The Labute approximate surface area is 200 Å². The number of para-hydroxylation sites is 1. The molecular weight excluding hydrogens is 464 g/mol. The maximum absolute atomic E-state index is 13.4. The number of ether oxygens (including phenoxy) is 1. The average Bonchev–Trinajstić information content (AvgIpc) is 3.20. The fraction of sp³-hybridized carbons (Fsp3) is 0.435. The van der Waals surface area contributed by atoms with Crippen LogP contribution in [0.25, 0.3) is 16.9 Å². The Hall–Kier alpha value is -3.40. The van der Waals surface area contributed by atoms with Crippen LogP contribution in [0.15, 0.2) is 40.2 Å². The number of esters is 1. The predicted octanol–water partition coefficient (Wildman–Crippen LogP) is 2.94. The Kier molecular flexibility index (Phi) is 6.75. The number of imidazole rings is 1. The molecule has 0 amide bonds. The molecule has 0 N–H and O–H groups in total. The minimum Gasteiger partial charge on any atom is -0.443 e. The van der Waals surface area contributed by atoms with Crippen LogP contribution < -0.4 is 16.1 Å². The molecule has 0 unspecified atom stereocenters. The van der Waals surface area contributed by atoms with E-state index in [0.717, 1.165) is 4.57 Å². The van der Waals surface area contributed by atoms with Crippen molar-refractivity contribution in [2.45, 2.75) is 54.7 Å². The highest BCUT2D eigenvalue weighted by Crippen LogP contribution is 2.23. The van der Waals surface area contributed by atoms with E-state index in [0.29, 0.717) is 21.9 Å². The highest BCUT2D eigenvalue weighted by molar-refractivity contribution is 6.32. The number of hydrogen-bond donors (Lipinski definition) is 0. The van der Waals surface area contributed by atoms with Gasteiger partial charge in [0.25, 0.3) is 0 Å². The van der Waals surface area contributed by atoms with Gasteiger partial charge in [0.15, 0.2) is 17.9 Å². The van der Waals surface area contributed by atoms with Crippen molar-refractivity contribution in [1.82, 2.24) is 18.8 Å². The third kappa shape index (κ3) is 4.63. The highest BCUT2D eigenvalue weighted by atomic mass is 35.5. The molecule has 0 atom stereocenters. The van der Waals surface area contributed by atoms with Gasteiger partial charge in [-0.2, -0.15) is 0 Å². The number of carbonyl (C=O) groups excluding carboxylic acids is 2. The van der Waals surface area contributed by atoms with Crippen molar-refractivity contribution in [2.24, 2.45) is 10.8 Å². The normalized spacial score (nSPS) is 12.1. The Morgan fingerprint density at radius 3 is 2.29 bits per heavy atom. The van der Waals surface area contributed by atoms with E-state index in [4.69, 9.17) is 21.2 Å². The molecule has 0 saturated carbocycles. The minimum absolute atomic E-state index is 0.0568. The summed E-state index contributed by atoms with van der Waals surface area (Å²) in [4.78, 5) is 61.1. The van der Waals surface area contributed by atoms with Crippen molar-refractivity contribution in [3.8, 4) is 5.69 Å². The van der Waals surface area contributed by atoms with E-state index >= 15 is 0 Å². The third-order valence-electron chi connectivity index (χ3n) is 5.46. The second kappa shape index (κ2) is 9.09. The Bertz CT molecular complexity index is 1380. The predicted molar refractivity (Wildman–Crippen MR) is 126 cm³/mol. The van der Waals surface area contributed by atoms with E-state index in [1.807, 2.05) is 0 Å². The number of fused-ring (bicyclic) bond motifs is 1. The van der Waals surface area contributed by atoms with Crippen molar-refractivity contribution < 1.29 is 19.2 Å². The molecule has 0 aliphatic rings. The van der Waals surface area contributed by atoms with Crippen LogP contribution in [0.4, 0.5) is 0 Å². The van der Waals surface area contributed by atoms with Crippen molar-refractivity contribution in [1.29, 1.82) is 0 Å². The molecule has 0 saturated heterocycles. The van der Waals surface area contributed by atoms with E-state index in [1.54, 1.807) is 65.8 Å². The Balaban J connectivity index is 2.26. The van der Waals surface area contributed by atoms with Crippen molar-refractivity contribution in [3.63, 3.8) is 0 Å². The SMILES string of the molecule is CCC(C)(C)C(=O)On1c(=O)c2c(ncn2-c2ccccc2Cl)n(COC(=O)C(C)(C)C)c1=O. The molecule has 182 valence electrons. The largest absolute Gasteiger partial charge is 0.443 e. The first-order valence-corrected chi connectivity index (χ1v) is 11.0. The van der Waals surface area contributed by atoms with Crippen molar-refractivity contribution >= 4 is 34.7 Å². The zero-order valence-corrected chi connectivity index (χ0v) is 20.7. The molecule has 11 heteroatoms. The smallest absolute Gasteiger partial charge is 0.369 e. The quantitative estimate of drug-likeness (QED) is 0.488. The third-order valence-corrected chi connectivity index (χ3v) is 5.77. The Morgan fingerprint density at radius 1 is 1.06 bits per heavy atom. The molecule has 10 nitrogen and oxygen atoms in total. The standard InChI is InChI=1S/C23H27ClN4O6/c1-7-23(5,6)20(31)34-28-18(29)16-17(25-12-26(16)15-11-9-8-10-14(15)24)27(21(28)32)13-33-19(30)22(2,3)4/h8-12H,7,13H2,1-6H3. The van der Waals surface area contributed by atoms with Gasteiger partial charge in [0, 0.05) is 0 Å². The number of hydrogen-bond acceptors (Lipinski definition) is 7. The maximum atomic E-state index is 13.4. The highest BCUT2D eigenvalue weighted by Gasteiger charge is 2.31. The number of benzene rings is 1. The number of halogens is 1. The summed E-state index contributed by atoms with van der Waals surface area (Å²) in [5, 5.41) is 0.328. The van der Waals surface area contributed by atoms with Crippen LogP contribution in [0.3, 0.4) is 0 Å². The lowest BCUT2D eigenvalue weighted by atomic mass is 9.91. The van der Waals surface area contributed by atoms with Gasteiger partial charge in [-0.25, -0.2) is 19.1 Å². The van der Waals surface area contributed by atoms with Crippen molar-refractivity contribution in [2.75, 3.05) is 0 Å². The van der Waals surface area contributed by atoms with Crippen LogP contribution in [0.2, 0.25) is 5.02 Å². The summed E-state index contributed by atoms with van der Waals surface area (Å²) in [6.45, 7) is 9.50. The first-order chi connectivity index (χ1) is 15.8. The minimum atomic E-state index is -1.01. The molecule has 2 aromatic heterocycles. The summed E-state index contributed by atoms with van der Waals surface area (Å²) >= 11 is 6.31. The maximum Gasteiger partial charge on any atom is 0.369 e. The molecular formula is C23H27ClN4O6. The lowest BCUT2D eigenvalue weighted by Crippen LogP contribution is -2.48. The number of nitrogens with zero attached hydrogens (tertiary/aromatic N) is 4. The van der Waals surface area contributed by atoms with Gasteiger partial charge in [-0.1, -0.05) is 35.4 Å². The van der Waals surface area contributed by atoms with Gasteiger partial charge in [0.1, 0.15) is 6.33 Å². The molecule has 0 radical (unpaired) electrons. The van der Waals surface area contributed by atoms with E-state index in [1.165, 1.54) is 10.9 Å². The van der Waals surface area contributed by atoms with E-state index in [9.17, 15) is 19.2 Å².